The fraction of sp³-hybridized carbons (Fsp3) is 0.250. The molecule has 0 aliphatic rings. The predicted octanol–water partition coefficient (Wildman–Crippen LogP) is 3.63. The third-order valence-corrected chi connectivity index (χ3v) is 3.64. The molecule has 5 heteroatoms. The van der Waals surface area contributed by atoms with Crippen LogP contribution in [0.5, 0.6) is 0 Å². The predicted molar refractivity (Wildman–Crippen MR) is 91.8 cm³/mol. The molecule has 0 amide bonds. The molecule has 0 aromatic heterocycles. The number of rotatable bonds is 6. The highest BCUT2D eigenvalue weighted by Gasteiger charge is 2.28. The molecule has 0 N–H and O–H groups in total. The van der Waals surface area contributed by atoms with Crippen molar-refractivity contribution >= 4 is 17.9 Å². The van der Waals surface area contributed by atoms with Crippen LogP contribution in [0.1, 0.15) is 47.9 Å². The van der Waals surface area contributed by atoms with Crippen molar-refractivity contribution in [3.05, 3.63) is 71.3 Å². The van der Waals surface area contributed by atoms with Crippen molar-refractivity contribution < 1.29 is 23.9 Å². The second kappa shape index (κ2) is 8.78. The summed E-state index contributed by atoms with van der Waals surface area (Å²) in [5.74, 6) is -2.23. The minimum absolute atomic E-state index is 0.0552. The minimum Gasteiger partial charge on any atom is -0.442 e. The van der Waals surface area contributed by atoms with E-state index in [4.69, 9.17) is 9.47 Å². The SMILES string of the molecule is CCC(=O)OC(=O)C(OC(=O)c1ccc(CC)cc1)c1ccccc1. The van der Waals surface area contributed by atoms with E-state index in [0.29, 0.717) is 11.1 Å². The molecule has 0 spiro atoms. The highest BCUT2D eigenvalue weighted by atomic mass is 16.6. The van der Waals surface area contributed by atoms with E-state index in [0.717, 1.165) is 12.0 Å². The lowest BCUT2D eigenvalue weighted by Crippen LogP contribution is -2.24. The molecule has 0 bridgehead atoms. The largest absolute Gasteiger partial charge is 0.442 e. The van der Waals surface area contributed by atoms with Gasteiger partial charge in [0.05, 0.1) is 5.56 Å². The van der Waals surface area contributed by atoms with E-state index in [1.54, 1.807) is 49.4 Å². The number of carbonyl (C=O) groups excluding carboxylic acids is 3. The van der Waals surface area contributed by atoms with Gasteiger partial charge in [0, 0.05) is 12.0 Å². The summed E-state index contributed by atoms with van der Waals surface area (Å²) in [5.41, 5.74) is 1.85. The zero-order valence-electron chi connectivity index (χ0n) is 14.2. The van der Waals surface area contributed by atoms with Crippen molar-refractivity contribution in [3.8, 4) is 0 Å². The first-order valence-electron chi connectivity index (χ1n) is 8.14. The van der Waals surface area contributed by atoms with Crippen LogP contribution in [-0.4, -0.2) is 17.9 Å². The number of aryl methyl sites for hydroxylation is 1. The first-order chi connectivity index (χ1) is 12.0. The third-order valence-electron chi connectivity index (χ3n) is 3.64. The average molecular weight is 340 g/mol. The van der Waals surface area contributed by atoms with Gasteiger partial charge in [-0.1, -0.05) is 56.3 Å². The summed E-state index contributed by atoms with van der Waals surface area (Å²) in [7, 11) is 0. The monoisotopic (exact) mass is 340 g/mol. The highest BCUT2D eigenvalue weighted by Crippen LogP contribution is 2.21. The van der Waals surface area contributed by atoms with Gasteiger partial charge in [0.15, 0.2) is 0 Å². The van der Waals surface area contributed by atoms with Crippen molar-refractivity contribution in [2.75, 3.05) is 0 Å². The summed E-state index contributed by atoms with van der Waals surface area (Å²) in [6, 6.07) is 15.4. The summed E-state index contributed by atoms with van der Waals surface area (Å²) in [5, 5.41) is 0. The summed E-state index contributed by atoms with van der Waals surface area (Å²) in [6.07, 6.45) is -0.386. The molecule has 0 fully saturated rings. The zero-order valence-corrected chi connectivity index (χ0v) is 14.2. The number of hydrogen-bond donors (Lipinski definition) is 0. The van der Waals surface area contributed by atoms with Crippen LogP contribution in [0.4, 0.5) is 0 Å². The molecule has 5 nitrogen and oxygen atoms in total. The van der Waals surface area contributed by atoms with Crippen LogP contribution < -0.4 is 0 Å². The quantitative estimate of drug-likeness (QED) is 0.593. The Morgan fingerprint density at radius 2 is 1.56 bits per heavy atom. The summed E-state index contributed by atoms with van der Waals surface area (Å²) in [6.45, 7) is 3.59. The van der Waals surface area contributed by atoms with E-state index in [-0.39, 0.29) is 6.42 Å². The molecule has 130 valence electrons. The Bertz CT molecular complexity index is 734. The molecular weight excluding hydrogens is 320 g/mol. The maximum absolute atomic E-state index is 12.4. The maximum Gasteiger partial charge on any atom is 0.359 e. The second-order valence-corrected chi connectivity index (χ2v) is 5.39. The first-order valence-corrected chi connectivity index (χ1v) is 8.14. The zero-order chi connectivity index (χ0) is 18.2. The van der Waals surface area contributed by atoms with Crippen molar-refractivity contribution in [2.24, 2.45) is 0 Å². The van der Waals surface area contributed by atoms with E-state index in [1.807, 2.05) is 19.1 Å². The molecule has 0 saturated carbocycles. The Hall–Kier alpha value is -2.95. The van der Waals surface area contributed by atoms with E-state index in [2.05, 4.69) is 0 Å². The number of carbonyl (C=O) groups is 3. The van der Waals surface area contributed by atoms with Crippen LogP contribution in [0, 0.1) is 0 Å². The van der Waals surface area contributed by atoms with Crippen molar-refractivity contribution in [1.29, 1.82) is 0 Å². The van der Waals surface area contributed by atoms with Crippen molar-refractivity contribution in [3.63, 3.8) is 0 Å². The van der Waals surface area contributed by atoms with Crippen LogP contribution in [0.3, 0.4) is 0 Å². The van der Waals surface area contributed by atoms with E-state index < -0.39 is 24.0 Å². The van der Waals surface area contributed by atoms with Gasteiger partial charge in [0.1, 0.15) is 0 Å². The lowest BCUT2D eigenvalue weighted by Gasteiger charge is -2.16. The molecule has 0 aliphatic heterocycles. The lowest BCUT2D eigenvalue weighted by molar-refractivity contribution is -0.166. The molecule has 0 radical (unpaired) electrons. The van der Waals surface area contributed by atoms with Gasteiger partial charge < -0.3 is 9.47 Å². The smallest absolute Gasteiger partial charge is 0.359 e. The van der Waals surface area contributed by atoms with Gasteiger partial charge in [-0.05, 0) is 24.1 Å². The van der Waals surface area contributed by atoms with E-state index in [1.165, 1.54) is 0 Å². The van der Waals surface area contributed by atoms with Crippen LogP contribution in [0.15, 0.2) is 54.6 Å². The Balaban J connectivity index is 2.21. The lowest BCUT2D eigenvalue weighted by atomic mass is 10.1. The van der Waals surface area contributed by atoms with Crippen molar-refractivity contribution in [2.45, 2.75) is 32.8 Å². The topological polar surface area (TPSA) is 69.7 Å². The van der Waals surface area contributed by atoms with Gasteiger partial charge in [-0.15, -0.1) is 0 Å². The second-order valence-electron chi connectivity index (χ2n) is 5.39. The fourth-order valence-corrected chi connectivity index (χ4v) is 2.17. The number of esters is 3. The molecule has 2 aromatic carbocycles. The van der Waals surface area contributed by atoms with Crippen LogP contribution >= 0.6 is 0 Å². The van der Waals surface area contributed by atoms with Crippen LogP contribution in [0.2, 0.25) is 0 Å². The van der Waals surface area contributed by atoms with Gasteiger partial charge in [-0.3, -0.25) is 4.79 Å². The molecule has 0 saturated heterocycles. The number of benzene rings is 2. The number of hydrogen-bond acceptors (Lipinski definition) is 5. The Labute approximate surface area is 146 Å². The maximum atomic E-state index is 12.4. The van der Waals surface area contributed by atoms with Crippen LogP contribution in [0.25, 0.3) is 0 Å². The van der Waals surface area contributed by atoms with E-state index >= 15 is 0 Å². The molecular formula is C20H20O5. The Morgan fingerprint density at radius 1 is 0.920 bits per heavy atom. The Morgan fingerprint density at radius 3 is 2.12 bits per heavy atom. The third kappa shape index (κ3) is 5.01. The molecule has 1 atom stereocenters. The van der Waals surface area contributed by atoms with Crippen molar-refractivity contribution in [1.82, 2.24) is 0 Å². The van der Waals surface area contributed by atoms with E-state index in [9.17, 15) is 14.4 Å². The summed E-state index contributed by atoms with van der Waals surface area (Å²) < 4.78 is 10.1. The van der Waals surface area contributed by atoms with Gasteiger partial charge in [0.25, 0.3) is 0 Å². The molecule has 0 heterocycles. The molecule has 2 aromatic rings. The normalized spacial score (nSPS) is 11.4. The van der Waals surface area contributed by atoms with Gasteiger partial charge in [-0.25, -0.2) is 9.59 Å². The molecule has 1 unspecified atom stereocenters. The first kappa shape index (κ1) is 18.4. The number of ether oxygens (including phenoxy) is 2. The average Bonchev–Trinajstić information content (AvgIpc) is 2.66. The molecule has 25 heavy (non-hydrogen) atoms. The van der Waals surface area contributed by atoms with Gasteiger partial charge in [0.2, 0.25) is 6.10 Å². The van der Waals surface area contributed by atoms with Gasteiger partial charge >= 0.3 is 17.9 Å². The minimum atomic E-state index is -1.30. The standard InChI is InChI=1S/C20H20O5/c1-3-14-10-12-16(13-11-14)19(22)25-18(15-8-6-5-7-9-15)20(23)24-17(21)4-2/h5-13,18H,3-4H2,1-2H3. The highest BCUT2D eigenvalue weighted by molar-refractivity contribution is 5.94. The summed E-state index contributed by atoms with van der Waals surface area (Å²) >= 11 is 0. The molecule has 2 rings (SSSR count). The van der Waals surface area contributed by atoms with Gasteiger partial charge in [-0.2, -0.15) is 0 Å². The summed E-state index contributed by atoms with van der Waals surface area (Å²) in [4.78, 5) is 36.0. The fourth-order valence-electron chi connectivity index (χ4n) is 2.17. The van der Waals surface area contributed by atoms with Crippen LogP contribution in [-0.2, 0) is 25.5 Å². The Kier molecular flexibility index (Phi) is 6.46. The molecule has 0 aliphatic carbocycles.